The predicted molar refractivity (Wildman–Crippen MR) is 151 cm³/mol. The smallest absolute Gasteiger partial charge is 0.341 e. The van der Waals surface area contributed by atoms with Crippen LogP contribution in [0.4, 0.5) is 5.82 Å². The minimum Gasteiger partial charge on any atom is -0.477 e. The highest BCUT2D eigenvalue weighted by Crippen LogP contribution is 2.34. The molecule has 0 unspecified atom stereocenters. The first-order valence-electron chi connectivity index (χ1n) is 13.2. The molecular formula is C28H27N7O6S. The van der Waals surface area contributed by atoms with Crippen molar-refractivity contribution < 1.29 is 28.0 Å². The summed E-state index contributed by atoms with van der Waals surface area (Å²) < 4.78 is 27.3. The number of hydrogen-bond donors (Lipinski definition) is 2. The van der Waals surface area contributed by atoms with Gasteiger partial charge in [0.2, 0.25) is 15.9 Å². The molecule has 1 fully saturated rings. The molecule has 1 saturated heterocycles. The Morgan fingerprint density at radius 3 is 2.48 bits per heavy atom. The zero-order valence-electron chi connectivity index (χ0n) is 22.6. The van der Waals surface area contributed by atoms with Gasteiger partial charge in [0.05, 0.1) is 11.3 Å². The zero-order chi connectivity index (χ0) is 29.9. The number of aromatic nitrogens is 4. The number of nitriles is 1. The second kappa shape index (κ2) is 11.8. The minimum atomic E-state index is -3.88. The molecule has 5 rings (SSSR count). The molecule has 0 atom stereocenters. The van der Waals surface area contributed by atoms with Crippen LogP contribution in [0.15, 0.2) is 54.6 Å². The first kappa shape index (κ1) is 28.5. The van der Waals surface area contributed by atoms with Gasteiger partial charge in [-0.3, -0.25) is 9.52 Å². The molecule has 1 amide bonds. The van der Waals surface area contributed by atoms with Crippen LogP contribution < -0.4 is 14.5 Å². The minimum absolute atomic E-state index is 0.0963. The molecule has 2 aromatic carbocycles. The third kappa shape index (κ3) is 5.86. The van der Waals surface area contributed by atoms with E-state index in [9.17, 15) is 28.4 Å². The van der Waals surface area contributed by atoms with E-state index in [1.807, 2.05) is 0 Å². The Kier molecular flexibility index (Phi) is 8.03. The SMILES string of the molecule is CCc1c(C#N)c(N2CCC(C(=O)NS(=O)(=O)Cc3ccccc3)CC2)nc(On2nnc3ccccc32)c1C(=O)O. The number of carbonyl (C=O) groups excluding carboxylic acids is 1. The van der Waals surface area contributed by atoms with Gasteiger partial charge in [0, 0.05) is 19.0 Å². The molecule has 0 spiro atoms. The van der Waals surface area contributed by atoms with E-state index >= 15 is 0 Å². The van der Waals surface area contributed by atoms with Crippen molar-refractivity contribution in [3.05, 3.63) is 76.9 Å². The monoisotopic (exact) mass is 589 g/mol. The molecule has 0 aliphatic carbocycles. The van der Waals surface area contributed by atoms with E-state index in [2.05, 4.69) is 26.1 Å². The fourth-order valence-corrected chi connectivity index (χ4v) is 6.18. The Labute approximate surface area is 241 Å². The summed E-state index contributed by atoms with van der Waals surface area (Å²) in [6.07, 6.45) is 0.809. The molecule has 0 saturated carbocycles. The molecule has 0 radical (unpaired) electrons. The number of aromatic carboxylic acids is 1. The first-order chi connectivity index (χ1) is 20.2. The van der Waals surface area contributed by atoms with Gasteiger partial charge >= 0.3 is 5.97 Å². The van der Waals surface area contributed by atoms with Gasteiger partial charge in [0.1, 0.15) is 22.7 Å². The summed E-state index contributed by atoms with van der Waals surface area (Å²) in [5.74, 6) is -2.82. The van der Waals surface area contributed by atoms with Crippen LogP contribution in [0.2, 0.25) is 0 Å². The van der Waals surface area contributed by atoms with Gasteiger partial charge in [-0.1, -0.05) is 54.2 Å². The average Bonchev–Trinajstić information content (AvgIpc) is 3.39. The lowest BCUT2D eigenvalue weighted by Gasteiger charge is -2.33. The van der Waals surface area contributed by atoms with Crippen LogP contribution in [0.5, 0.6) is 5.88 Å². The molecule has 2 N–H and O–H groups in total. The van der Waals surface area contributed by atoms with Crippen LogP contribution in [0.1, 0.15) is 46.8 Å². The number of carboxylic acid groups (broad SMARTS) is 1. The van der Waals surface area contributed by atoms with Crippen molar-refractivity contribution >= 4 is 38.8 Å². The molecule has 3 heterocycles. The van der Waals surface area contributed by atoms with Crippen LogP contribution in [0.3, 0.4) is 0 Å². The molecule has 42 heavy (non-hydrogen) atoms. The Bertz CT molecular complexity index is 1790. The molecule has 2 aromatic heterocycles. The van der Waals surface area contributed by atoms with Crippen LogP contribution in [-0.4, -0.2) is 58.6 Å². The van der Waals surface area contributed by atoms with Gasteiger partial charge in [0.15, 0.2) is 5.82 Å². The molecule has 1 aliphatic rings. The number of hydrogen-bond acceptors (Lipinski definition) is 10. The van der Waals surface area contributed by atoms with Gasteiger partial charge in [-0.15, -0.1) is 5.10 Å². The largest absolute Gasteiger partial charge is 0.477 e. The van der Waals surface area contributed by atoms with Crippen molar-refractivity contribution in [3.63, 3.8) is 0 Å². The highest BCUT2D eigenvalue weighted by Gasteiger charge is 2.32. The number of carboxylic acids is 1. The Morgan fingerprint density at radius 2 is 1.81 bits per heavy atom. The van der Waals surface area contributed by atoms with Crippen molar-refractivity contribution in [2.75, 3.05) is 18.0 Å². The number of benzene rings is 2. The number of nitrogens with one attached hydrogen (secondary N) is 1. The summed E-state index contributed by atoms with van der Waals surface area (Å²) in [7, 11) is -3.88. The van der Waals surface area contributed by atoms with Crippen molar-refractivity contribution in [2.24, 2.45) is 5.92 Å². The molecule has 4 aromatic rings. The maximum absolute atomic E-state index is 12.9. The third-order valence-electron chi connectivity index (χ3n) is 7.04. The summed E-state index contributed by atoms with van der Waals surface area (Å²) in [4.78, 5) is 38.3. The maximum atomic E-state index is 12.9. The lowest BCUT2D eigenvalue weighted by atomic mass is 9.95. The topological polar surface area (TPSA) is 180 Å². The summed E-state index contributed by atoms with van der Waals surface area (Å²) in [5, 5.41) is 28.1. The maximum Gasteiger partial charge on any atom is 0.341 e. The highest BCUT2D eigenvalue weighted by molar-refractivity contribution is 7.89. The predicted octanol–water partition coefficient (Wildman–Crippen LogP) is 2.66. The number of amides is 1. The molecular weight excluding hydrogens is 562 g/mol. The lowest BCUT2D eigenvalue weighted by Crippen LogP contribution is -2.43. The normalized spacial score (nSPS) is 14.0. The van der Waals surface area contributed by atoms with E-state index in [0.29, 0.717) is 29.4 Å². The number of para-hydroxylation sites is 1. The number of nitrogens with zero attached hydrogens (tertiary/aromatic N) is 6. The van der Waals surface area contributed by atoms with Crippen molar-refractivity contribution in [3.8, 4) is 11.9 Å². The standard InChI is InChI=1S/C28H27N7O6S/c1-2-20-21(16-29)25(30-27(24(20)28(37)38)41-35-23-11-7-6-10-22(23)31-33-35)34-14-12-19(13-15-34)26(36)32-42(39,40)17-18-8-4-3-5-9-18/h3-11,19H,2,12-15,17H2,1H3,(H,32,36)(H,37,38). The number of sulfonamides is 1. The van der Waals surface area contributed by atoms with Crippen molar-refractivity contribution in [2.45, 2.75) is 31.9 Å². The van der Waals surface area contributed by atoms with E-state index in [0.717, 1.165) is 4.85 Å². The zero-order valence-corrected chi connectivity index (χ0v) is 23.4. The number of piperidine rings is 1. The van der Waals surface area contributed by atoms with Crippen molar-refractivity contribution in [1.29, 1.82) is 5.26 Å². The van der Waals surface area contributed by atoms with E-state index in [1.54, 1.807) is 66.4 Å². The molecule has 0 bridgehead atoms. The summed E-state index contributed by atoms with van der Waals surface area (Å²) in [6.45, 7) is 2.28. The number of anilines is 1. The first-order valence-corrected chi connectivity index (χ1v) is 14.9. The van der Waals surface area contributed by atoms with E-state index in [4.69, 9.17) is 4.84 Å². The third-order valence-corrected chi connectivity index (χ3v) is 8.27. The number of carbonyl (C=O) groups is 2. The van der Waals surface area contributed by atoms with Crippen LogP contribution in [-0.2, 0) is 27.0 Å². The van der Waals surface area contributed by atoms with Gasteiger partial charge in [-0.05, 0) is 47.7 Å². The summed E-state index contributed by atoms with van der Waals surface area (Å²) >= 11 is 0. The van der Waals surface area contributed by atoms with E-state index in [1.165, 1.54) is 0 Å². The molecule has 1 aliphatic heterocycles. The number of pyridine rings is 1. The Hall–Kier alpha value is -5.03. The van der Waals surface area contributed by atoms with Gasteiger partial charge in [-0.2, -0.15) is 10.2 Å². The quantitative estimate of drug-likeness (QED) is 0.293. The molecule has 13 nitrogen and oxygen atoms in total. The number of fused-ring (bicyclic) bond motifs is 1. The van der Waals surface area contributed by atoms with Crippen LogP contribution in [0.25, 0.3) is 11.0 Å². The fraction of sp³-hybridized carbons (Fsp3) is 0.286. The Morgan fingerprint density at radius 1 is 1.12 bits per heavy atom. The second-order valence-corrected chi connectivity index (χ2v) is 11.5. The van der Waals surface area contributed by atoms with E-state index < -0.39 is 27.8 Å². The van der Waals surface area contributed by atoms with Crippen molar-refractivity contribution in [1.82, 2.24) is 24.9 Å². The van der Waals surface area contributed by atoms with Gasteiger partial charge in [-0.25, -0.2) is 13.2 Å². The van der Waals surface area contributed by atoms with Crippen LogP contribution in [0, 0.1) is 17.2 Å². The highest BCUT2D eigenvalue weighted by atomic mass is 32.2. The van der Waals surface area contributed by atoms with E-state index in [-0.39, 0.29) is 53.7 Å². The molecule has 216 valence electrons. The number of rotatable bonds is 9. The summed E-state index contributed by atoms with van der Waals surface area (Å²) in [5.41, 5.74) is 1.69. The molecule has 14 heteroatoms. The van der Waals surface area contributed by atoms with Crippen LogP contribution >= 0.6 is 0 Å². The Balaban J connectivity index is 1.38. The van der Waals surface area contributed by atoms with Gasteiger partial charge in [0.25, 0.3) is 5.88 Å². The van der Waals surface area contributed by atoms with Gasteiger partial charge < -0.3 is 14.8 Å². The average molecular weight is 590 g/mol. The fourth-order valence-electron chi connectivity index (χ4n) is 5.00. The summed E-state index contributed by atoms with van der Waals surface area (Å²) in [6, 6.07) is 17.6. The second-order valence-electron chi connectivity index (χ2n) is 9.75. The lowest BCUT2D eigenvalue weighted by molar-refractivity contribution is -0.123.